The molecule has 0 radical (unpaired) electrons. The zero-order valence-electron chi connectivity index (χ0n) is 10.6. The summed E-state index contributed by atoms with van der Waals surface area (Å²) in [7, 11) is 0. The Labute approximate surface area is 106 Å². The quantitative estimate of drug-likeness (QED) is 0.445. The molecule has 5 heteroatoms. The second-order valence-corrected chi connectivity index (χ2v) is 4.75. The van der Waals surface area contributed by atoms with Crippen LogP contribution in [0, 0.1) is 5.92 Å². The van der Waals surface area contributed by atoms with Gasteiger partial charge in [-0.3, -0.25) is 4.79 Å². The van der Waals surface area contributed by atoms with Crippen LogP contribution in [0.15, 0.2) is 23.3 Å². The molecule has 0 saturated carbocycles. The summed E-state index contributed by atoms with van der Waals surface area (Å²) >= 11 is 0. The summed E-state index contributed by atoms with van der Waals surface area (Å²) in [5.41, 5.74) is 11.1. The van der Waals surface area contributed by atoms with Gasteiger partial charge in [-0.25, -0.2) is 0 Å². The molecular weight excluding hydrogens is 228 g/mol. The number of aryl methyl sites for hydroxylation is 1. The van der Waals surface area contributed by atoms with Crippen molar-refractivity contribution in [2.24, 2.45) is 11.0 Å². The molecule has 2 rings (SSSR count). The summed E-state index contributed by atoms with van der Waals surface area (Å²) in [4.78, 5) is 16.7. The Morgan fingerprint density at radius 1 is 1.50 bits per heavy atom. The average molecular weight is 244 g/mol. The molecule has 0 fully saturated rings. The molecule has 0 unspecified atom stereocenters. The molecule has 0 aliphatic carbocycles. The Hall–Kier alpha value is -2.00. The molecule has 1 aliphatic rings. The maximum Gasteiger partial charge on any atom is 0.229 e. The molecule has 0 saturated heterocycles. The first kappa shape index (κ1) is 12.5. The highest BCUT2D eigenvalue weighted by atomic mass is 16.2. The summed E-state index contributed by atoms with van der Waals surface area (Å²) in [5.74, 6) is 0.0908. The van der Waals surface area contributed by atoms with E-state index in [-0.39, 0.29) is 11.8 Å². The third-order valence-corrected chi connectivity index (χ3v) is 3.11. The molecule has 94 valence electrons. The van der Waals surface area contributed by atoms with Crippen LogP contribution in [0.2, 0.25) is 0 Å². The van der Waals surface area contributed by atoms with Crippen molar-refractivity contribution in [2.45, 2.75) is 26.7 Å². The number of carbonyl (C=O) groups is 1. The lowest BCUT2D eigenvalue weighted by atomic mass is 9.99. The summed E-state index contributed by atoms with van der Waals surface area (Å²) < 4.78 is 0. The van der Waals surface area contributed by atoms with Gasteiger partial charge in [-0.1, -0.05) is 31.1 Å². The maximum atomic E-state index is 12.2. The number of nitrogens with zero attached hydrogens (tertiary/aromatic N) is 4. The van der Waals surface area contributed by atoms with Crippen LogP contribution in [0.1, 0.15) is 25.8 Å². The van der Waals surface area contributed by atoms with Gasteiger partial charge in [0.25, 0.3) is 0 Å². The third kappa shape index (κ3) is 2.31. The summed E-state index contributed by atoms with van der Waals surface area (Å²) in [6.45, 7) is 4.53. The van der Waals surface area contributed by atoms with E-state index >= 15 is 0 Å². The van der Waals surface area contributed by atoms with Gasteiger partial charge in [0.15, 0.2) is 0 Å². The number of fused-ring (bicyclic) bond motifs is 1. The van der Waals surface area contributed by atoms with Gasteiger partial charge in [0.05, 0.1) is 0 Å². The van der Waals surface area contributed by atoms with Gasteiger partial charge in [0, 0.05) is 28.7 Å². The van der Waals surface area contributed by atoms with Gasteiger partial charge in [-0.2, -0.15) is 0 Å². The molecule has 18 heavy (non-hydrogen) atoms. The van der Waals surface area contributed by atoms with E-state index in [9.17, 15) is 4.79 Å². The molecule has 1 aromatic carbocycles. The van der Waals surface area contributed by atoms with Crippen LogP contribution in [0.4, 0.5) is 11.4 Å². The van der Waals surface area contributed by atoms with Gasteiger partial charge in [0.2, 0.25) is 5.91 Å². The number of rotatable bonds is 2. The van der Waals surface area contributed by atoms with Gasteiger partial charge in [-0.05, 0) is 30.0 Å². The SMILES string of the molecule is CC(C)C(=O)N1CCCc2ccc(N=[N+]=[N-])cc21. The van der Waals surface area contributed by atoms with Gasteiger partial charge in [-0.15, -0.1) is 0 Å². The monoisotopic (exact) mass is 244 g/mol. The molecule has 0 aromatic heterocycles. The average Bonchev–Trinajstić information content (AvgIpc) is 2.37. The molecule has 0 spiro atoms. The predicted octanol–water partition coefficient (Wildman–Crippen LogP) is 3.56. The molecule has 1 aliphatic heterocycles. The van der Waals surface area contributed by atoms with Crippen LogP contribution in [0.5, 0.6) is 0 Å². The van der Waals surface area contributed by atoms with Crippen molar-refractivity contribution < 1.29 is 4.79 Å². The zero-order chi connectivity index (χ0) is 13.1. The van der Waals surface area contributed by atoms with Crippen LogP contribution in [0.25, 0.3) is 10.4 Å². The Bertz CT molecular complexity index is 518. The number of amides is 1. The Balaban J connectivity index is 2.43. The van der Waals surface area contributed by atoms with E-state index in [1.807, 2.05) is 19.9 Å². The second kappa shape index (κ2) is 5.10. The van der Waals surface area contributed by atoms with Crippen molar-refractivity contribution in [3.63, 3.8) is 0 Å². The normalized spacial score (nSPS) is 14.1. The maximum absolute atomic E-state index is 12.2. The van der Waals surface area contributed by atoms with E-state index in [0.717, 1.165) is 30.6 Å². The molecule has 0 N–H and O–H groups in total. The van der Waals surface area contributed by atoms with Gasteiger partial charge in [0.1, 0.15) is 0 Å². The standard InChI is InChI=1S/C13H16N4O/c1-9(2)13(18)17-7-3-4-10-5-6-11(15-16-14)8-12(10)17/h5-6,8-9H,3-4,7H2,1-2H3. The molecule has 0 atom stereocenters. The molecule has 1 heterocycles. The zero-order valence-corrected chi connectivity index (χ0v) is 10.6. The summed E-state index contributed by atoms with van der Waals surface area (Å²) in [5, 5.41) is 3.60. The highest BCUT2D eigenvalue weighted by molar-refractivity contribution is 5.96. The van der Waals surface area contributed by atoms with Gasteiger partial charge < -0.3 is 4.90 Å². The number of carbonyl (C=O) groups excluding carboxylic acids is 1. The van der Waals surface area contributed by atoms with Crippen LogP contribution >= 0.6 is 0 Å². The second-order valence-electron chi connectivity index (χ2n) is 4.75. The first-order chi connectivity index (χ1) is 8.63. The van der Waals surface area contributed by atoms with E-state index in [2.05, 4.69) is 10.0 Å². The first-order valence-electron chi connectivity index (χ1n) is 6.13. The van der Waals surface area contributed by atoms with Crippen LogP contribution in [-0.2, 0) is 11.2 Å². The molecule has 5 nitrogen and oxygen atoms in total. The highest BCUT2D eigenvalue weighted by Crippen LogP contribution is 2.32. The lowest BCUT2D eigenvalue weighted by Crippen LogP contribution is -2.38. The largest absolute Gasteiger partial charge is 0.312 e. The van der Waals surface area contributed by atoms with Crippen LogP contribution < -0.4 is 4.90 Å². The minimum absolute atomic E-state index is 0.0286. The predicted molar refractivity (Wildman–Crippen MR) is 70.8 cm³/mol. The first-order valence-corrected chi connectivity index (χ1v) is 6.13. The fourth-order valence-electron chi connectivity index (χ4n) is 2.22. The fraction of sp³-hybridized carbons (Fsp3) is 0.462. The third-order valence-electron chi connectivity index (χ3n) is 3.11. The lowest BCUT2D eigenvalue weighted by molar-refractivity contribution is -0.121. The van der Waals surface area contributed by atoms with E-state index < -0.39 is 0 Å². The number of azide groups is 1. The molecule has 1 aromatic rings. The van der Waals surface area contributed by atoms with Crippen molar-refractivity contribution in [2.75, 3.05) is 11.4 Å². The molecule has 0 bridgehead atoms. The highest BCUT2D eigenvalue weighted by Gasteiger charge is 2.24. The van der Waals surface area contributed by atoms with Crippen molar-refractivity contribution in [3.05, 3.63) is 34.2 Å². The number of anilines is 1. The van der Waals surface area contributed by atoms with E-state index in [0.29, 0.717) is 5.69 Å². The number of hydrogen-bond donors (Lipinski definition) is 0. The minimum atomic E-state index is -0.0286. The Morgan fingerprint density at radius 2 is 2.28 bits per heavy atom. The topological polar surface area (TPSA) is 69.1 Å². The summed E-state index contributed by atoms with van der Waals surface area (Å²) in [6.07, 6.45) is 1.94. The van der Waals surface area contributed by atoms with E-state index in [4.69, 9.17) is 5.53 Å². The fourth-order valence-corrected chi connectivity index (χ4v) is 2.22. The lowest BCUT2D eigenvalue weighted by Gasteiger charge is -2.31. The van der Waals surface area contributed by atoms with Crippen LogP contribution in [-0.4, -0.2) is 12.5 Å². The molecule has 1 amide bonds. The Morgan fingerprint density at radius 3 is 2.94 bits per heavy atom. The van der Waals surface area contributed by atoms with Crippen LogP contribution in [0.3, 0.4) is 0 Å². The van der Waals surface area contributed by atoms with Crippen molar-refractivity contribution >= 4 is 17.3 Å². The van der Waals surface area contributed by atoms with Crippen molar-refractivity contribution in [3.8, 4) is 0 Å². The molecular formula is C13H16N4O. The Kier molecular flexibility index (Phi) is 3.53. The minimum Gasteiger partial charge on any atom is -0.312 e. The smallest absolute Gasteiger partial charge is 0.229 e. The van der Waals surface area contributed by atoms with Crippen molar-refractivity contribution in [1.82, 2.24) is 0 Å². The van der Waals surface area contributed by atoms with E-state index in [1.54, 1.807) is 17.0 Å². The van der Waals surface area contributed by atoms with Crippen molar-refractivity contribution in [1.29, 1.82) is 0 Å². The number of hydrogen-bond acceptors (Lipinski definition) is 2. The van der Waals surface area contributed by atoms with Gasteiger partial charge >= 0.3 is 0 Å². The number of benzene rings is 1. The van der Waals surface area contributed by atoms with E-state index in [1.165, 1.54) is 0 Å². The summed E-state index contributed by atoms with van der Waals surface area (Å²) in [6, 6.07) is 5.54.